The van der Waals surface area contributed by atoms with Gasteiger partial charge >= 0.3 is 5.97 Å². The molecule has 0 aliphatic heterocycles. The van der Waals surface area contributed by atoms with E-state index in [1.807, 2.05) is 19.1 Å². The van der Waals surface area contributed by atoms with Gasteiger partial charge in [-0.05, 0) is 61.0 Å². The van der Waals surface area contributed by atoms with Gasteiger partial charge in [-0.15, -0.1) is 0 Å². The average Bonchev–Trinajstić information content (AvgIpc) is 2.80. The number of hydrazone groups is 1. The molecule has 1 amide bonds. The van der Waals surface area contributed by atoms with Crippen LogP contribution in [0.4, 0.5) is 0 Å². The molecule has 0 aliphatic rings. The van der Waals surface area contributed by atoms with Crippen LogP contribution in [0.2, 0.25) is 0 Å². The van der Waals surface area contributed by atoms with Crippen molar-refractivity contribution >= 4 is 18.1 Å². The summed E-state index contributed by atoms with van der Waals surface area (Å²) in [5.41, 5.74) is 3.60. The molecule has 3 aromatic carbocycles. The van der Waals surface area contributed by atoms with Crippen molar-refractivity contribution < 1.29 is 23.8 Å². The molecule has 0 aromatic heterocycles. The van der Waals surface area contributed by atoms with Crippen molar-refractivity contribution in [3.8, 4) is 17.2 Å². The van der Waals surface area contributed by atoms with Gasteiger partial charge < -0.3 is 14.2 Å². The van der Waals surface area contributed by atoms with Gasteiger partial charge in [-0.2, -0.15) is 5.10 Å². The van der Waals surface area contributed by atoms with Crippen molar-refractivity contribution in [3.63, 3.8) is 0 Å². The van der Waals surface area contributed by atoms with Gasteiger partial charge in [0.15, 0.2) is 18.1 Å². The molecule has 1 N–H and O–H groups in total. The minimum absolute atomic E-state index is 0.199. The topological polar surface area (TPSA) is 86.2 Å². The molecule has 0 heterocycles. The van der Waals surface area contributed by atoms with Gasteiger partial charge in [0.25, 0.3) is 5.91 Å². The number of esters is 1. The van der Waals surface area contributed by atoms with Crippen LogP contribution >= 0.6 is 0 Å². The summed E-state index contributed by atoms with van der Waals surface area (Å²) in [6.45, 7) is 2.18. The molecule has 0 radical (unpaired) electrons. The third-order valence-corrected chi connectivity index (χ3v) is 4.01. The number of rotatable bonds is 9. The van der Waals surface area contributed by atoms with Gasteiger partial charge in [0.1, 0.15) is 5.75 Å². The summed E-state index contributed by atoms with van der Waals surface area (Å²) in [5.74, 6) is 0.644. The lowest BCUT2D eigenvalue weighted by molar-refractivity contribution is -0.123. The SMILES string of the molecule is CCOc1ccccc1OCC(=O)N/N=C\c1ccc(OC(=O)c2ccccc2)cc1. The monoisotopic (exact) mass is 418 g/mol. The minimum atomic E-state index is -0.430. The van der Waals surface area contributed by atoms with E-state index in [9.17, 15) is 9.59 Å². The summed E-state index contributed by atoms with van der Waals surface area (Å²) >= 11 is 0. The van der Waals surface area contributed by atoms with Crippen molar-refractivity contribution in [2.45, 2.75) is 6.92 Å². The number of carbonyl (C=O) groups is 2. The Kier molecular flexibility index (Phi) is 7.77. The smallest absolute Gasteiger partial charge is 0.343 e. The molecule has 3 rings (SSSR count). The summed E-state index contributed by atoms with van der Waals surface area (Å²) in [4.78, 5) is 24.0. The Morgan fingerprint density at radius 2 is 1.52 bits per heavy atom. The first-order valence-corrected chi connectivity index (χ1v) is 9.69. The lowest BCUT2D eigenvalue weighted by Crippen LogP contribution is -2.24. The molecule has 0 unspecified atom stereocenters. The van der Waals surface area contributed by atoms with Crippen LogP contribution in [0.3, 0.4) is 0 Å². The fourth-order valence-corrected chi connectivity index (χ4v) is 2.56. The van der Waals surface area contributed by atoms with Crippen LogP contribution in [-0.4, -0.2) is 31.3 Å². The quantitative estimate of drug-likeness (QED) is 0.247. The largest absolute Gasteiger partial charge is 0.490 e. The van der Waals surface area contributed by atoms with Crippen LogP contribution in [0.1, 0.15) is 22.8 Å². The highest BCUT2D eigenvalue weighted by molar-refractivity contribution is 5.91. The van der Waals surface area contributed by atoms with Gasteiger partial charge in [-0.25, -0.2) is 10.2 Å². The predicted octanol–water partition coefficient (Wildman–Crippen LogP) is 3.83. The zero-order valence-corrected chi connectivity index (χ0v) is 17.0. The Morgan fingerprint density at radius 1 is 0.871 bits per heavy atom. The second kappa shape index (κ2) is 11.2. The average molecular weight is 418 g/mol. The Balaban J connectivity index is 1.46. The van der Waals surface area contributed by atoms with E-state index in [0.29, 0.717) is 29.4 Å². The van der Waals surface area contributed by atoms with Gasteiger partial charge in [0, 0.05) is 0 Å². The zero-order valence-electron chi connectivity index (χ0n) is 17.0. The van der Waals surface area contributed by atoms with Gasteiger partial charge in [0.2, 0.25) is 0 Å². The Bertz CT molecular complexity index is 1030. The number of ether oxygens (including phenoxy) is 3. The summed E-state index contributed by atoms with van der Waals surface area (Å²) in [6.07, 6.45) is 1.48. The third-order valence-electron chi connectivity index (χ3n) is 4.01. The summed E-state index contributed by atoms with van der Waals surface area (Å²) < 4.78 is 16.3. The molecule has 0 atom stereocenters. The standard InChI is InChI=1S/C24H22N2O5/c1-2-29-21-10-6-7-11-22(21)30-17-23(27)26-25-16-18-12-14-20(15-13-18)31-24(28)19-8-4-3-5-9-19/h3-16H,2,17H2,1H3,(H,26,27)/b25-16-. The third kappa shape index (κ3) is 6.71. The van der Waals surface area contributed by atoms with E-state index in [1.165, 1.54) is 6.21 Å². The molecule has 7 nitrogen and oxygen atoms in total. The number of carbonyl (C=O) groups excluding carboxylic acids is 2. The van der Waals surface area contributed by atoms with Crippen LogP contribution in [0.25, 0.3) is 0 Å². The Morgan fingerprint density at radius 3 is 2.19 bits per heavy atom. The molecular weight excluding hydrogens is 396 g/mol. The highest BCUT2D eigenvalue weighted by Crippen LogP contribution is 2.26. The molecule has 31 heavy (non-hydrogen) atoms. The number of hydrogen-bond acceptors (Lipinski definition) is 6. The van der Waals surface area contributed by atoms with Crippen LogP contribution < -0.4 is 19.6 Å². The van der Waals surface area contributed by atoms with E-state index in [1.54, 1.807) is 66.7 Å². The van der Waals surface area contributed by atoms with Crippen molar-refractivity contribution in [3.05, 3.63) is 90.0 Å². The molecule has 0 fully saturated rings. The van der Waals surface area contributed by atoms with E-state index in [-0.39, 0.29) is 6.61 Å². The molecule has 158 valence electrons. The maximum absolute atomic E-state index is 12.1. The lowest BCUT2D eigenvalue weighted by Gasteiger charge is -2.10. The first-order chi connectivity index (χ1) is 15.2. The van der Waals surface area contributed by atoms with Gasteiger partial charge in [-0.1, -0.05) is 30.3 Å². The predicted molar refractivity (Wildman–Crippen MR) is 117 cm³/mol. The van der Waals surface area contributed by atoms with Crippen LogP contribution in [0, 0.1) is 0 Å². The summed E-state index contributed by atoms with van der Waals surface area (Å²) in [7, 11) is 0. The van der Waals surface area contributed by atoms with Crippen LogP contribution in [0.15, 0.2) is 84.0 Å². The molecule has 3 aromatic rings. The first kappa shape index (κ1) is 21.6. The highest BCUT2D eigenvalue weighted by atomic mass is 16.5. The van der Waals surface area contributed by atoms with E-state index in [4.69, 9.17) is 14.2 Å². The molecule has 0 bridgehead atoms. The van der Waals surface area contributed by atoms with Crippen molar-refractivity contribution in [2.24, 2.45) is 5.10 Å². The zero-order chi connectivity index (χ0) is 21.9. The molecular formula is C24H22N2O5. The number of para-hydroxylation sites is 2. The van der Waals surface area contributed by atoms with Crippen LogP contribution in [-0.2, 0) is 4.79 Å². The fourth-order valence-electron chi connectivity index (χ4n) is 2.56. The van der Waals surface area contributed by atoms with Crippen molar-refractivity contribution in [1.82, 2.24) is 5.43 Å². The van der Waals surface area contributed by atoms with Gasteiger partial charge in [0.05, 0.1) is 18.4 Å². The lowest BCUT2D eigenvalue weighted by atomic mass is 10.2. The Labute approximate surface area is 180 Å². The first-order valence-electron chi connectivity index (χ1n) is 9.69. The number of hydrogen-bond donors (Lipinski definition) is 1. The maximum atomic E-state index is 12.1. The molecule has 0 aliphatic carbocycles. The van der Waals surface area contributed by atoms with E-state index in [0.717, 1.165) is 5.56 Å². The highest BCUT2D eigenvalue weighted by Gasteiger charge is 2.08. The fraction of sp³-hybridized carbons (Fsp3) is 0.125. The van der Waals surface area contributed by atoms with Crippen LogP contribution in [0.5, 0.6) is 17.2 Å². The number of benzene rings is 3. The number of nitrogens with zero attached hydrogens (tertiary/aromatic N) is 1. The Hall–Kier alpha value is -4.13. The summed E-state index contributed by atoms with van der Waals surface area (Å²) in [5, 5.41) is 3.91. The second-order valence-electron chi connectivity index (χ2n) is 6.29. The molecule has 0 saturated carbocycles. The maximum Gasteiger partial charge on any atom is 0.343 e. The van der Waals surface area contributed by atoms with Crippen molar-refractivity contribution in [1.29, 1.82) is 0 Å². The minimum Gasteiger partial charge on any atom is -0.490 e. The van der Waals surface area contributed by atoms with Crippen molar-refractivity contribution in [2.75, 3.05) is 13.2 Å². The van der Waals surface area contributed by atoms with E-state index < -0.39 is 11.9 Å². The molecule has 7 heteroatoms. The molecule has 0 saturated heterocycles. The van der Waals surface area contributed by atoms with E-state index in [2.05, 4.69) is 10.5 Å². The second-order valence-corrected chi connectivity index (χ2v) is 6.29. The number of nitrogens with one attached hydrogen (secondary N) is 1. The number of amides is 1. The van der Waals surface area contributed by atoms with Gasteiger partial charge in [-0.3, -0.25) is 4.79 Å². The van der Waals surface area contributed by atoms with E-state index >= 15 is 0 Å². The molecule has 0 spiro atoms. The normalized spacial score (nSPS) is 10.5. The summed E-state index contributed by atoms with van der Waals surface area (Å²) in [6, 6.07) is 22.6.